The smallest absolute Gasteiger partial charge is 0.287 e. The van der Waals surface area contributed by atoms with Gasteiger partial charge in [0.05, 0.1) is 0 Å². The fraction of sp³-hybridized carbons (Fsp3) is 0.615. The fourth-order valence-corrected chi connectivity index (χ4v) is 2.41. The molecule has 18 heavy (non-hydrogen) atoms. The van der Waals surface area contributed by atoms with Crippen LogP contribution in [0.3, 0.4) is 0 Å². The van der Waals surface area contributed by atoms with Crippen LogP contribution < -0.4 is 5.32 Å². The minimum Gasteiger partial charge on any atom is -0.440 e. The molecule has 4 nitrogen and oxygen atoms in total. The lowest BCUT2D eigenvalue weighted by molar-refractivity contribution is 0.0917. The normalized spacial score (nSPS) is 17.9. The van der Waals surface area contributed by atoms with Crippen molar-refractivity contribution >= 4 is 17.5 Å². The Kier molecular flexibility index (Phi) is 4.66. The quantitative estimate of drug-likeness (QED) is 0.894. The number of likely N-dealkylation sites (tertiary alicyclic amines) is 1. The zero-order chi connectivity index (χ0) is 13.0. The van der Waals surface area contributed by atoms with E-state index >= 15 is 0 Å². The van der Waals surface area contributed by atoms with Crippen molar-refractivity contribution in [1.29, 1.82) is 0 Å². The van der Waals surface area contributed by atoms with Gasteiger partial charge in [-0.25, -0.2) is 0 Å². The Balaban J connectivity index is 1.71. The van der Waals surface area contributed by atoms with Crippen LogP contribution in [0.25, 0.3) is 0 Å². The van der Waals surface area contributed by atoms with Crippen molar-refractivity contribution in [2.24, 2.45) is 5.92 Å². The topological polar surface area (TPSA) is 45.5 Å². The van der Waals surface area contributed by atoms with Gasteiger partial charge in [-0.2, -0.15) is 0 Å². The van der Waals surface area contributed by atoms with Crippen LogP contribution in [0, 0.1) is 5.92 Å². The summed E-state index contributed by atoms with van der Waals surface area (Å²) in [4.78, 5) is 14.2. The summed E-state index contributed by atoms with van der Waals surface area (Å²) < 4.78 is 5.05. The van der Waals surface area contributed by atoms with Gasteiger partial charge >= 0.3 is 0 Å². The van der Waals surface area contributed by atoms with Crippen molar-refractivity contribution in [2.75, 3.05) is 26.2 Å². The predicted octanol–water partition coefficient (Wildman–Crippen LogP) is 2.39. The number of amides is 1. The number of hydrogen-bond donors (Lipinski definition) is 1. The number of nitrogens with one attached hydrogen (secondary N) is 1. The summed E-state index contributed by atoms with van der Waals surface area (Å²) in [6.45, 7) is 6.22. The molecule has 1 aliphatic heterocycles. The van der Waals surface area contributed by atoms with Crippen LogP contribution in [0.2, 0.25) is 5.22 Å². The monoisotopic (exact) mass is 270 g/mol. The van der Waals surface area contributed by atoms with Gasteiger partial charge in [-0.3, -0.25) is 4.79 Å². The molecule has 1 aromatic rings. The molecule has 1 aromatic heterocycles. The summed E-state index contributed by atoms with van der Waals surface area (Å²) in [5.41, 5.74) is 0. The lowest BCUT2D eigenvalue weighted by Gasteiger charge is -2.20. The maximum atomic E-state index is 11.7. The molecule has 0 saturated carbocycles. The zero-order valence-corrected chi connectivity index (χ0v) is 11.4. The van der Waals surface area contributed by atoms with E-state index in [1.54, 1.807) is 12.1 Å². The van der Waals surface area contributed by atoms with Crippen molar-refractivity contribution in [2.45, 2.75) is 19.8 Å². The maximum absolute atomic E-state index is 11.7. The third kappa shape index (κ3) is 3.75. The van der Waals surface area contributed by atoms with Crippen LogP contribution in [-0.4, -0.2) is 37.0 Å². The van der Waals surface area contributed by atoms with Gasteiger partial charge in [0, 0.05) is 13.1 Å². The van der Waals surface area contributed by atoms with E-state index in [-0.39, 0.29) is 16.9 Å². The molecule has 2 rings (SSSR count). The Labute approximate surface area is 112 Å². The third-order valence-electron chi connectivity index (χ3n) is 3.18. The largest absolute Gasteiger partial charge is 0.440 e. The zero-order valence-electron chi connectivity index (χ0n) is 10.6. The molecule has 0 aromatic carbocycles. The molecule has 2 heterocycles. The second-order valence-electron chi connectivity index (χ2n) is 4.93. The summed E-state index contributed by atoms with van der Waals surface area (Å²) >= 11 is 5.63. The van der Waals surface area contributed by atoms with Crippen LogP contribution in [0.4, 0.5) is 0 Å². The standard InChI is InChI=1S/C13H19ClN2O2/c1-10(9-16-6-2-3-7-16)8-15-13(17)11-4-5-12(14)18-11/h4-5,10H,2-3,6-9H2,1H3,(H,15,17). The molecule has 1 unspecified atom stereocenters. The lowest BCUT2D eigenvalue weighted by Crippen LogP contribution is -2.34. The van der Waals surface area contributed by atoms with Gasteiger partial charge in [0.1, 0.15) is 0 Å². The second kappa shape index (κ2) is 6.25. The Morgan fingerprint density at radius 3 is 2.83 bits per heavy atom. The molecule has 0 spiro atoms. The van der Waals surface area contributed by atoms with Gasteiger partial charge in [-0.15, -0.1) is 0 Å². The van der Waals surface area contributed by atoms with E-state index in [1.165, 1.54) is 25.9 Å². The van der Waals surface area contributed by atoms with Crippen LogP contribution in [-0.2, 0) is 0 Å². The molecule has 1 amide bonds. The van der Waals surface area contributed by atoms with Gasteiger partial charge in [0.25, 0.3) is 5.91 Å². The lowest BCUT2D eigenvalue weighted by atomic mass is 10.1. The number of furan rings is 1. The van der Waals surface area contributed by atoms with Crippen LogP contribution >= 0.6 is 11.6 Å². The highest BCUT2D eigenvalue weighted by Gasteiger charge is 2.16. The Morgan fingerprint density at radius 2 is 2.22 bits per heavy atom. The minimum atomic E-state index is -0.199. The molecule has 1 N–H and O–H groups in total. The van der Waals surface area contributed by atoms with E-state index in [0.29, 0.717) is 12.5 Å². The third-order valence-corrected chi connectivity index (χ3v) is 3.38. The summed E-state index contributed by atoms with van der Waals surface area (Å²) in [6.07, 6.45) is 2.59. The summed E-state index contributed by atoms with van der Waals surface area (Å²) in [5, 5.41) is 3.11. The average Bonchev–Trinajstić information content (AvgIpc) is 2.97. The SMILES string of the molecule is CC(CNC(=O)c1ccc(Cl)o1)CN1CCCC1. The van der Waals surface area contributed by atoms with Crippen LogP contribution in [0.15, 0.2) is 16.5 Å². The minimum absolute atomic E-state index is 0.199. The summed E-state index contributed by atoms with van der Waals surface area (Å²) in [7, 11) is 0. The van der Waals surface area contributed by atoms with Crippen molar-refractivity contribution in [1.82, 2.24) is 10.2 Å². The number of rotatable bonds is 5. The number of nitrogens with zero attached hydrogens (tertiary/aromatic N) is 1. The van der Waals surface area contributed by atoms with E-state index in [0.717, 1.165) is 6.54 Å². The van der Waals surface area contributed by atoms with E-state index in [2.05, 4.69) is 17.1 Å². The van der Waals surface area contributed by atoms with Crippen molar-refractivity contribution < 1.29 is 9.21 Å². The van der Waals surface area contributed by atoms with E-state index in [1.807, 2.05) is 0 Å². The molecule has 1 fully saturated rings. The molecule has 1 atom stereocenters. The van der Waals surface area contributed by atoms with E-state index in [4.69, 9.17) is 16.0 Å². The first-order valence-electron chi connectivity index (χ1n) is 6.41. The molecule has 5 heteroatoms. The van der Waals surface area contributed by atoms with Gasteiger partial charge in [-0.05, 0) is 55.6 Å². The first kappa shape index (κ1) is 13.4. The summed E-state index contributed by atoms with van der Waals surface area (Å²) in [5.74, 6) is 0.515. The Bertz CT molecular complexity index is 399. The van der Waals surface area contributed by atoms with Gasteiger partial charge in [0.2, 0.25) is 0 Å². The highest BCUT2D eigenvalue weighted by Crippen LogP contribution is 2.13. The maximum Gasteiger partial charge on any atom is 0.287 e. The number of hydrogen-bond acceptors (Lipinski definition) is 3. The van der Waals surface area contributed by atoms with Crippen LogP contribution in [0.1, 0.15) is 30.3 Å². The average molecular weight is 271 g/mol. The van der Waals surface area contributed by atoms with Gasteiger partial charge < -0.3 is 14.6 Å². The molecule has 1 saturated heterocycles. The van der Waals surface area contributed by atoms with Crippen LogP contribution in [0.5, 0.6) is 0 Å². The molecule has 0 radical (unpaired) electrons. The Morgan fingerprint density at radius 1 is 1.50 bits per heavy atom. The molecule has 0 aliphatic carbocycles. The van der Waals surface area contributed by atoms with Crippen molar-refractivity contribution in [3.05, 3.63) is 23.1 Å². The van der Waals surface area contributed by atoms with E-state index in [9.17, 15) is 4.79 Å². The number of carbonyl (C=O) groups is 1. The fourth-order valence-electron chi connectivity index (χ4n) is 2.26. The molecule has 100 valence electrons. The number of halogens is 1. The second-order valence-corrected chi connectivity index (χ2v) is 5.30. The van der Waals surface area contributed by atoms with Gasteiger partial charge in [-0.1, -0.05) is 6.92 Å². The first-order chi connectivity index (χ1) is 8.65. The van der Waals surface area contributed by atoms with E-state index < -0.39 is 0 Å². The van der Waals surface area contributed by atoms with Crippen molar-refractivity contribution in [3.63, 3.8) is 0 Å². The molecular formula is C13H19ClN2O2. The Hall–Kier alpha value is -1.00. The van der Waals surface area contributed by atoms with Crippen molar-refractivity contribution in [3.8, 4) is 0 Å². The number of carbonyl (C=O) groups excluding carboxylic acids is 1. The highest BCUT2D eigenvalue weighted by atomic mass is 35.5. The molecular weight excluding hydrogens is 252 g/mol. The predicted molar refractivity (Wildman–Crippen MR) is 70.9 cm³/mol. The van der Waals surface area contributed by atoms with Gasteiger partial charge in [0.15, 0.2) is 11.0 Å². The first-order valence-corrected chi connectivity index (χ1v) is 6.79. The highest BCUT2D eigenvalue weighted by molar-refractivity contribution is 6.29. The summed E-state index contributed by atoms with van der Waals surface area (Å²) in [6, 6.07) is 3.16. The molecule has 0 bridgehead atoms. The molecule has 1 aliphatic rings.